The van der Waals surface area contributed by atoms with E-state index in [9.17, 15) is 9.59 Å². The summed E-state index contributed by atoms with van der Waals surface area (Å²) in [6.45, 7) is 1.81. The van der Waals surface area contributed by atoms with Crippen molar-refractivity contribution < 1.29 is 18.8 Å². The molecule has 122 valence electrons. The van der Waals surface area contributed by atoms with Crippen molar-refractivity contribution in [2.24, 2.45) is 0 Å². The van der Waals surface area contributed by atoms with Gasteiger partial charge in [-0.05, 0) is 42.6 Å². The molecular formula is C17H14N2O4S. The molecule has 6 nitrogen and oxygen atoms in total. The van der Waals surface area contributed by atoms with Crippen molar-refractivity contribution in [3.63, 3.8) is 0 Å². The standard InChI is InChI=1S/C17H14N2O4S/c1-11-9-14(19-23-11)10-22-17(21)12-4-6-13(7-5-12)18-16(20)15-3-2-8-24-15/h2-9H,10H2,1H3,(H,18,20). The van der Waals surface area contributed by atoms with Gasteiger partial charge in [-0.25, -0.2) is 4.79 Å². The highest BCUT2D eigenvalue weighted by atomic mass is 32.1. The van der Waals surface area contributed by atoms with Gasteiger partial charge in [-0.1, -0.05) is 11.2 Å². The Morgan fingerprint density at radius 1 is 1.25 bits per heavy atom. The van der Waals surface area contributed by atoms with Crippen LogP contribution in [0.15, 0.2) is 52.4 Å². The summed E-state index contributed by atoms with van der Waals surface area (Å²) in [5.41, 5.74) is 1.56. The van der Waals surface area contributed by atoms with Crippen molar-refractivity contribution in [2.75, 3.05) is 5.32 Å². The first-order valence-corrected chi connectivity index (χ1v) is 8.04. The van der Waals surface area contributed by atoms with Crippen molar-refractivity contribution >= 4 is 28.9 Å². The van der Waals surface area contributed by atoms with Gasteiger partial charge in [0.2, 0.25) is 0 Å². The first kappa shape index (κ1) is 15.9. The molecule has 1 N–H and O–H groups in total. The van der Waals surface area contributed by atoms with Gasteiger partial charge in [0.1, 0.15) is 18.1 Å². The Hall–Kier alpha value is -2.93. The summed E-state index contributed by atoms with van der Waals surface area (Å²) in [4.78, 5) is 24.6. The van der Waals surface area contributed by atoms with Crippen LogP contribution in [0.5, 0.6) is 0 Å². The molecule has 0 unspecified atom stereocenters. The predicted molar refractivity (Wildman–Crippen MR) is 89.1 cm³/mol. The maximum absolute atomic E-state index is 12.0. The fourth-order valence-electron chi connectivity index (χ4n) is 2.00. The minimum Gasteiger partial charge on any atom is -0.455 e. The predicted octanol–water partition coefficient (Wildman–Crippen LogP) is 3.65. The van der Waals surface area contributed by atoms with E-state index in [4.69, 9.17) is 9.26 Å². The largest absolute Gasteiger partial charge is 0.455 e. The number of esters is 1. The van der Waals surface area contributed by atoms with Gasteiger partial charge in [0, 0.05) is 11.8 Å². The summed E-state index contributed by atoms with van der Waals surface area (Å²) in [5.74, 6) is 0.0143. The molecule has 0 bridgehead atoms. The number of aromatic nitrogens is 1. The van der Waals surface area contributed by atoms with E-state index in [-0.39, 0.29) is 12.5 Å². The van der Waals surface area contributed by atoms with Gasteiger partial charge in [0.05, 0.1) is 10.4 Å². The molecule has 0 atom stereocenters. The maximum atomic E-state index is 12.0. The quantitative estimate of drug-likeness (QED) is 0.716. The van der Waals surface area contributed by atoms with Crippen LogP contribution in [-0.4, -0.2) is 17.0 Å². The topological polar surface area (TPSA) is 81.4 Å². The van der Waals surface area contributed by atoms with E-state index in [0.29, 0.717) is 27.6 Å². The van der Waals surface area contributed by atoms with Crippen molar-refractivity contribution in [3.05, 3.63) is 69.7 Å². The molecule has 0 aliphatic carbocycles. The zero-order valence-electron chi connectivity index (χ0n) is 12.8. The average molecular weight is 342 g/mol. The second kappa shape index (κ2) is 7.10. The summed E-state index contributed by atoms with van der Waals surface area (Å²) < 4.78 is 10.1. The van der Waals surface area contributed by atoms with Crippen molar-refractivity contribution in [1.82, 2.24) is 5.16 Å². The molecule has 0 saturated carbocycles. The number of hydrogen-bond acceptors (Lipinski definition) is 6. The lowest BCUT2D eigenvalue weighted by atomic mass is 10.2. The number of carbonyl (C=O) groups excluding carboxylic acids is 2. The first-order valence-electron chi connectivity index (χ1n) is 7.16. The second-order valence-corrected chi connectivity index (χ2v) is 5.96. The highest BCUT2D eigenvalue weighted by Crippen LogP contribution is 2.15. The van der Waals surface area contributed by atoms with E-state index in [0.717, 1.165) is 0 Å². The number of benzene rings is 1. The van der Waals surface area contributed by atoms with Crippen LogP contribution in [0.1, 0.15) is 31.5 Å². The third-order valence-corrected chi connectivity index (χ3v) is 4.02. The molecule has 24 heavy (non-hydrogen) atoms. The van der Waals surface area contributed by atoms with Crippen molar-refractivity contribution in [1.29, 1.82) is 0 Å². The van der Waals surface area contributed by atoms with Crippen LogP contribution in [0.2, 0.25) is 0 Å². The van der Waals surface area contributed by atoms with Crippen molar-refractivity contribution in [2.45, 2.75) is 13.5 Å². The molecule has 3 rings (SSSR count). The molecule has 0 spiro atoms. The van der Waals surface area contributed by atoms with Crippen LogP contribution in [0.4, 0.5) is 5.69 Å². The Morgan fingerprint density at radius 3 is 2.67 bits per heavy atom. The van der Waals surface area contributed by atoms with E-state index >= 15 is 0 Å². The van der Waals surface area contributed by atoms with Crippen LogP contribution < -0.4 is 5.32 Å². The summed E-state index contributed by atoms with van der Waals surface area (Å²) in [5, 5.41) is 8.36. The van der Waals surface area contributed by atoms with Crippen LogP contribution in [0.3, 0.4) is 0 Å². The van der Waals surface area contributed by atoms with Gasteiger partial charge in [0.15, 0.2) is 0 Å². The Labute approximate surface area is 142 Å². The number of nitrogens with zero attached hydrogens (tertiary/aromatic N) is 1. The molecule has 7 heteroatoms. The summed E-state index contributed by atoms with van der Waals surface area (Å²) in [6, 6.07) is 11.8. The number of rotatable bonds is 5. The highest BCUT2D eigenvalue weighted by Gasteiger charge is 2.11. The molecule has 2 heterocycles. The van der Waals surface area contributed by atoms with Gasteiger partial charge < -0.3 is 14.6 Å². The fraction of sp³-hybridized carbons (Fsp3) is 0.118. The molecular weight excluding hydrogens is 328 g/mol. The monoisotopic (exact) mass is 342 g/mol. The minimum absolute atomic E-state index is 0.0486. The van der Waals surface area contributed by atoms with Gasteiger partial charge >= 0.3 is 5.97 Å². The molecule has 0 radical (unpaired) electrons. The lowest BCUT2D eigenvalue weighted by Gasteiger charge is -2.06. The van der Waals surface area contributed by atoms with Crippen LogP contribution in [0, 0.1) is 6.92 Å². The number of hydrogen-bond donors (Lipinski definition) is 1. The van der Waals surface area contributed by atoms with E-state index in [1.165, 1.54) is 11.3 Å². The summed E-state index contributed by atoms with van der Waals surface area (Å²) >= 11 is 1.36. The number of nitrogens with one attached hydrogen (secondary N) is 1. The molecule has 1 amide bonds. The fourth-order valence-corrected chi connectivity index (χ4v) is 2.62. The third-order valence-electron chi connectivity index (χ3n) is 3.15. The Morgan fingerprint density at radius 2 is 2.04 bits per heavy atom. The van der Waals surface area contributed by atoms with Gasteiger partial charge in [0.25, 0.3) is 5.91 Å². The third kappa shape index (κ3) is 3.88. The molecule has 0 fully saturated rings. The maximum Gasteiger partial charge on any atom is 0.338 e. The van der Waals surface area contributed by atoms with Gasteiger partial charge in [-0.15, -0.1) is 11.3 Å². The molecule has 0 aliphatic heterocycles. The summed E-state index contributed by atoms with van der Waals surface area (Å²) in [7, 11) is 0. The van der Waals surface area contributed by atoms with E-state index in [2.05, 4.69) is 10.5 Å². The molecule has 0 saturated heterocycles. The van der Waals surface area contributed by atoms with E-state index in [1.54, 1.807) is 43.3 Å². The van der Waals surface area contributed by atoms with E-state index < -0.39 is 5.97 Å². The number of amides is 1. The molecule has 0 aliphatic rings. The lowest BCUT2D eigenvalue weighted by molar-refractivity contribution is 0.0464. The number of ether oxygens (including phenoxy) is 1. The molecule has 3 aromatic rings. The zero-order chi connectivity index (χ0) is 16.9. The van der Waals surface area contributed by atoms with Gasteiger partial charge in [-0.2, -0.15) is 0 Å². The van der Waals surface area contributed by atoms with E-state index in [1.807, 2.05) is 11.4 Å². The Balaban J connectivity index is 1.57. The first-order chi connectivity index (χ1) is 11.6. The van der Waals surface area contributed by atoms with Crippen LogP contribution >= 0.6 is 11.3 Å². The lowest BCUT2D eigenvalue weighted by Crippen LogP contribution is -2.10. The minimum atomic E-state index is -0.466. The zero-order valence-corrected chi connectivity index (χ0v) is 13.6. The second-order valence-electron chi connectivity index (χ2n) is 5.01. The summed E-state index contributed by atoms with van der Waals surface area (Å²) in [6.07, 6.45) is 0. The highest BCUT2D eigenvalue weighted by molar-refractivity contribution is 7.12. The normalized spacial score (nSPS) is 10.4. The number of anilines is 1. The number of carbonyl (C=O) groups is 2. The van der Waals surface area contributed by atoms with Crippen LogP contribution in [-0.2, 0) is 11.3 Å². The van der Waals surface area contributed by atoms with Crippen molar-refractivity contribution in [3.8, 4) is 0 Å². The van der Waals surface area contributed by atoms with Gasteiger partial charge in [-0.3, -0.25) is 4.79 Å². The molecule has 1 aromatic carbocycles. The Kier molecular flexibility index (Phi) is 4.72. The number of aryl methyl sites for hydroxylation is 1. The SMILES string of the molecule is Cc1cc(COC(=O)c2ccc(NC(=O)c3cccs3)cc2)no1. The smallest absolute Gasteiger partial charge is 0.338 e. The molecule has 2 aromatic heterocycles. The average Bonchev–Trinajstić information content (AvgIpc) is 3.25. The van der Waals surface area contributed by atoms with Crippen LogP contribution in [0.25, 0.3) is 0 Å². The Bertz CT molecular complexity index is 838. The number of thiophene rings is 1.